The molecule has 0 aliphatic heterocycles. The van der Waals surface area contributed by atoms with Crippen molar-refractivity contribution in [3.8, 4) is 0 Å². The SMILES string of the molecule is CO/C=C/C(=O)C(F)(F)C(F)(F)F. The Hall–Kier alpha value is -1.14. The first-order chi connectivity index (χ1) is 5.73. The molecular weight excluding hydrogens is 199 g/mol. The Morgan fingerprint density at radius 3 is 2.00 bits per heavy atom. The van der Waals surface area contributed by atoms with E-state index in [9.17, 15) is 26.7 Å². The van der Waals surface area contributed by atoms with Gasteiger partial charge in [0.2, 0.25) is 5.78 Å². The van der Waals surface area contributed by atoms with Gasteiger partial charge in [0.25, 0.3) is 0 Å². The van der Waals surface area contributed by atoms with E-state index in [-0.39, 0.29) is 6.08 Å². The lowest BCUT2D eigenvalue weighted by atomic mass is 10.2. The number of rotatable bonds is 3. The fourth-order valence-corrected chi connectivity index (χ4v) is 0.374. The molecule has 0 spiro atoms. The normalized spacial score (nSPS) is 13.4. The van der Waals surface area contributed by atoms with Crippen LogP contribution in [0.15, 0.2) is 12.3 Å². The molecule has 2 nitrogen and oxygen atoms in total. The molecule has 0 N–H and O–H groups in total. The number of carbonyl (C=O) groups is 1. The first kappa shape index (κ1) is 11.9. The number of ketones is 1. The molecule has 0 saturated carbocycles. The highest BCUT2D eigenvalue weighted by atomic mass is 19.4. The first-order valence-corrected chi connectivity index (χ1v) is 2.91. The van der Waals surface area contributed by atoms with Gasteiger partial charge in [-0.2, -0.15) is 22.0 Å². The van der Waals surface area contributed by atoms with Crippen LogP contribution in [0.5, 0.6) is 0 Å². The molecule has 0 rings (SSSR count). The van der Waals surface area contributed by atoms with E-state index in [4.69, 9.17) is 0 Å². The molecule has 0 aromatic carbocycles. The fourth-order valence-electron chi connectivity index (χ4n) is 0.374. The van der Waals surface area contributed by atoms with Crippen LogP contribution in [-0.4, -0.2) is 25.0 Å². The third-order valence-corrected chi connectivity index (χ3v) is 1.02. The van der Waals surface area contributed by atoms with Gasteiger partial charge >= 0.3 is 12.1 Å². The highest BCUT2D eigenvalue weighted by Crippen LogP contribution is 2.36. The topological polar surface area (TPSA) is 26.3 Å². The minimum atomic E-state index is -5.87. The third kappa shape index (κ3) is 2.67. The second-order valence-corrected chi connectivity index (χ2v) is 1.97. The summed E-state index contributed by atoms with van der Waals surface area (Å²) in [7, 11) is 1.01. The molecule has 0 saturated heterocycles. The number of allylic oxidation sites excluding steroid dienone is 1. The molecular formula is C6H5F5O2. The molecule has 0 aliphatic carbocycles. The number of ether oxygens (including phenoxy) is 1. The summed E-state index contributed by atoms with van der Waals surface area (Å²) in [6, 6.07) is 0. The predicted octanol–water partition coefficient (Wildman–Crippen LogP) is 1.91. The standard InChI is InChI=1S/C6H5F5O2/c1-13-3-2-4(12)5(7,8)6(9,10)11/h2-3H,1H3/b3-2+. The van der Waals surface area contributed by atoms with Crippen molar-refractivity contribution < 1.29 is 31.5 Å². The average Bonchev–Trinajstić information content (AvgIpc) is 1.97. The van der Waals surface area contributed by atoms with E-state index < -0.39 is 17.9 Å². The second-order valence-electron chi connectivity index (χ2n) is 1.97. The Balaban J connectivity index is 4.65. The van der Waals surface area contributed by atoms with Crippen LogP contribution >= 0.6 is 0 Å². The van der Waals surface area contributed by atoms with Gasteiger partial charge in [-0.1, -0.05) is 0 Å². The highest BCUT2D eigenvalue weighted by molar-refractivity contribution is 5.96. The van der Waals surface area contributed by atoms with Crippen LogP contribution in [0.4, 0.5) is 22.0 Å². The van der Waals surface area contributed by atoms with Gasteiger partial charge in [0.15, 0.2) is 0 Å². The molecule has 0 aromatic heterocycles. The molecule has 7 heteroatoms. The number of carbonyl (C=O) groups excluding carboxylic acids is 1. The van der Waals surface area contributed by atoms with Gasteiger partial charge in [0.1, 0.15) is 0 Å². The summed E-state index contributed by atoms with van der Waals surface area (Å²) in [5.74, 6) is -7.72. The smallest absolute Gasteiger partial charge is 0.461 e. The Morgan fingerprint density at radius 2 is 1.69 bits per heavy atom. The zero-order chi connectivity index (χ0) is 10.7. The van der Waals surface area contributed by atoms with Gasteiger partial charge in [-0.15, -0.1) is 0 Å². The van der Waals surface area contributed by atoms with Gasteiger partial charge in [-0.3, -0.25) is 4.79 Å². The lowest BCUT2D eigenvalue weighted by Crippen LogP contribution is -2.43. The van der Waals surface area contributed by atoms with Crippen molar-refractivity contribution in [3.63, 3.8) is 0 Å². The van der Waals surface area contributed by atoms with E-state index in [1.165, 1.54) is 0 Å². The zero-order valence-corrected chi connectivity index (χ0v) is 6.36. The van der Waals surface area contributed by atoms with Crippen LogP contribution in [0.3, 0.4) is 0 Å². The van der Waals surface area contributed by atoms with Gasteiger partial charge in [-0.25, -0.2) is 0 Å². The lowest BCUT2D eigenvalue weighted by Gasteiger charge is -2.15. The van der Waals surface area contributed by atoms with Crippen molar-refractivity contribution in [2.24, 2.45) is 0 Å². The van der Waals surface area contributed by atoms with Gasteiger partial charge in [0, 0.05) is 6.08 Å². The maximum atomic E-state index is 12.1. The fraction of sp³-hybridized carbons (Fsp3) is 0.500. The van der Waals surface area contributed by atoms with Crippen molar-refractivity contribution >= 4 is 5.78 Å². The third-order valence-electron chi connectivity index (χ3n) is 1.02. The van der Waals surface area contributed by atoms with E-state index in [1.54, 1.807) is 0 Å². The Bertz CT molecular complexity index is 218. The van der Waals surface area contributed by atoms with Crippen LogP contribution in [0.25, 0.3) is 0 Å². The maximum absolute atomic E-state index is 12.1. The number of halogens is 5. The minimum absolute atomic E-state index is 0.0213. The summed E-state index contributed by atoms with van der Waals surface area (Å²) in [6.07, 6.45) is -5.41. The van der Waals surface area contributed by atoms with Gasteiger partial charge in [-0.05, 0) is 0 Å². The monoisotopic (exact) mass is 204 g/mol. The quantitative estimate of drug-likeness (QED) is 0.398. The van der Waals surface area contributed by atoms with Gasteiger partial charge < -0.3 is 4.74 Å². The molecule has 0 aliphatic rings. The number of methoxy groups -OCH3 is 1. The number of hydrogen-bond acceptors (Lipinski definition) is 2. The van der Waals surface area contributed by atoms with Crippen LogP contribution in [0, 0.1) is 0 Å². The molecule has 76 valence electrons. The largest absolute Gasteiger partial charge is 0.504 e. The summed E-state index contributed by atoms with van der Waals surface area (Å²) in [5.41, 5.74) is 0. The van der Waals surface area contributed by atoms with E-state index in [0.717, 1.165) is 7.11 Å². The number of hydrogen-bond donors (Lipinski definition) is 0. The molecule has 0 atom stereocenters. The van der Waals surface area contributed by atoms with Crippen LogP contribution in [0.2, 0.25) is 0 Å². The van der Waals surface area contributed by atoms with Crippen molar-refractivity contribution in [3.05, 3.63) is 12.3 Å². The summed E-state index contributed by atoms with van der Waals surface area (Å²) >= 11 is 0. The molecule has 13 heavy (non-hydrogen) atoms. The van der Waals surface area contributed by atoms with Crippen LogP contribution in [-0.2, 0) is 9.53 Å². The van der Waals surface area contributed by atoms with E-state index in [2.05, 4.69) is 4.74 Å². The van der Waals surface area contributed by atoms with Crippen molar-refractivity contribution in [1.29, 1.82) is 0 Å². The zero-order valence-electron chi connectivity index (χ0n) is 6.36. The van der Waals surface area contributed by atoms with Crippen molar-refractivity contribution in [2.75, 3.05) is 7.11 Å². The molecule has 0 amide bonds. The lowest BCUT2D eigenvalue weighted by molar-refractivity contribution is -0.266. The van der Waals surface area contributed by atoms with E-state index in [1.807, 2.05) is 0 Å². The van der Waals surface area contributed by atoms with Crippen LogP contribution < -0.4 is 0 Å². The Kier molecular flexibility index (Phi) is 3.39. The molecule has 0 aromatic rings. The number of alkyl halides is 5. The molecule has 0 fully saturated rings. The van der Waals surface area contributed by atoms with Gasteiger partial charge in [0.05, 0.1) is 13.4 Å². The van der Waals surface area contributed by atoms with E-state index >= 15 is 0 Å². The van der Waals surface area contributed by atoms with Crippen molar-refractivity contribution in [1.82, 2.24) is 0 Å². The second kappa shape index (κ2) is 3.71. The molecule has 0 radical (unpaired) electrons. The molecule has 0 bridgehead atoms. The van der Waals surface area contributed by atoms with Crippen LogP contribution in [0.1, 0.15) is 0 Å². The van der Waals surface area contributed by atoms with Crippen molar-refractivity contribution in [2.45, 2.75) is 12.1 Å². The summed E-state index contributed by atoms with van der Waals surface area (Å²) in [6.45, 7) is 0. The molecule has 0 unspecified atom stereocenters. The summed E-state index contributed by atoms with van der Waals surface area (Å²) in [4.78, 5) is 10.2. The average molecular weight is 204 g/mol. The predicted molar refractivity (Wildman–Crippen MR) is 32.2 cm³/mol. The van der Waals surface area contributed by atoms with E-state index in [0.29, 0.717) is 6.26 Å². The Morgan fingerprint density at radius 1 is 1.23 bits per heavy atom. The first-order valence-electron chi connectivity index (χ1n) is 2.91. The Labute approximate surface area is 70.0 Å². The summed E-state index contributed by atoms with van der Waals surface area (Å²) in [5, 5.41) is 0. The summed E-state index contributed by atoms with van der Waals surface area (Å²) < 4.78 is 62.5. The minimum Gasteiger partial charge on any atom is -0.504 e. The maximum Gasteiger partial charge on any atom is 0.461 e. The molecule has 0 heterocycles. The highest BCUT2D eigenvalue weighted by Gasteiger charge is 2.62.